The number of ether oxygens (including phenoxy) is 2. The zero-order valence-corrected chi connectivity index (χ0v) is 22.1. The number of ketones is 2. The lowest BCUT2D eigenvalue weighted by atomic mass is 9.83. The van der Waals surface area contributed by atoms with E-state index in [9.17, 15) is 45.3 Å². The van der Waals surface area contributed by atoms with Gasteiger partial charge in [-0.25, -0.2) is 0 Å². The summed E-state index contributed by atoms with van der Waals surface area (Å²) in [6.45, 7) is 6.52. The van der Waals surface area contributed by atoms with Crippen molar-refractivity contribution in [3.05, 3.63) is 34.4 Å². The molecule has 4 rings (SSSR count). The normalized spacial score (nSPS) is 23.6. The molecule has 0 aromatic heterocycles. The van der Waals surface area contributed by atoms with Crippen molar-refractivity contribution >= 4 is 11.6 Å². The summed E-state index contributed by atoms with van der Waals surface area (Å²) < 4.78 is 12.1. The second kappa shape index (κ2) is 10.2. The monoisotopic (exact) mass is 546 g/mol. The molecule has 1 fully saturated rings. The summed E-state index contributed by atoms with van der Waals surface area (Å²) in [5.41, 5.74) is -0.946. The van der Waals surface area contributed by atoms with Crippen molar-refractivity contribution in [2.45, 2.75) is 70.9 Å². The molecule has 2 aliphatic heterocycles. The molecule has 2 aliphatic rings. The quantitative estimate of drug-likeness (QED) is 0.229. The number of aliphatic hydroxyl groups excluding tert-OH is 2. The Labute approximate surface area is 224 Å². The van der Waals surface area contributed by atoms with E-state index in [2.05, 4.69) is 0 Å². The van der Waals surface area contributed by atoms with Crippen molar-refractivity contribution < 1.29 is 54.8 Å². The van der Waals surface area contributed by atoms with E-state index >= 15 is 0 Å². The minimum absolute atomic E-state index is 0.00266. The van der Waals surface area contributed by atoms with Gasteiger partial charge in [0.1, 0.15) is 51.7 Å². The predicted molar refractivity (Wildman–Crippen MR) is 137 cm³/mol. The van der Waals surface area contributed by atoms with Gasteiger partial charge in [-0.15, -0.1) is 0 Å². The Hall–Kier alpha value is -3.54. The number of aromatic hydroxyl groups is 5. The minimum Gasteiger partial charge on any atom is -0.507 e. The van der Waals surface area contributed by atoms with Crippen LogP contribution in [0.25, 0.3) is 0 Å². The predicted octanol–water partition coefficient (Wildman–Crippen LogP) is 2.84. The van der Waals surface area contributed by atoms with Crippen LogP contribution in [0.3, 0.4) is 0 Å². The maximum atomic E-state index is 13.1. The van der Waals surface area contributed by atoms with Crippen LogP contribution in [-0.2, 0) is 11.2 Å². The summed E-state index contributed by atoms with van der Waals surface area (Å²) >= 11 is 0. The molecular weight excluding hydrogens is 512 g/mol. The zero-order chi connectivity index (χ0) is 29.0. The minimum atomic E-state index is -1.99. The molecule has 2 heterocycles. The van der Waals surface area contributed by atoms with Crippen molar-refractivity contribution in [3.8, 4) is 34.5 Å². The molecule has 0 amide bonds. The summed E-state index contributed by atoms with van der Waals surface area (Å²) in [6.07, 6.45) is -3.18. The third-order valence-corrected chi connectivity index (χ3v) is 7.12. The van der Waals surface area contributed by atoms with Gasteiger partial charge in [-0.3, -0.25) is 9.59 Å². The first-order valence-corrected chi connectivity index (χ1v) is 12.8. The average molecular weight is 547 g/mol. The van der Waals surface area contributed by atoms with Crippen molar-refractivity contribution in [3.63, 3.8) is 0 Å². The van der Waals surface area contributed by atoms with E-state index in [1.165, 1.54) is 0 Å². The van der Waals surface area contributed by atoms with Gasteiger partial charge in [0.25, 0.3) is 0 Å². The largest absolute Gasteiger partial charge is 0.507 e. The first kappa shape index (κ1) is 28.5. The standard InChI is InChI=1S/C28H34O11/c1-11(2)5-15(31)21-17(33)7-14(30)13(25(21)36)9-28-24(26(37)20(10-29)38-28)23-19(35)8-18(34)22(27(23)39-28)16(32)6-12(3)4/h7-8,11-12,20,24,26,29-30,33-37H,5-6,9-10H2,1-4H3. The Bertz CT molecular complexity index is 1320. The van der Waals surface area contributed by atoms with Crippen LogP contribution in [0.2, 0.25) is 0 Å². The summed E-state index contributed by atoms with van der Waals surface area (Å²) in [4.78, 5) is 25.9. The fraction of sp³-hybridized carbons (Fsp3) is 0.500. The summed E-state index contributed by atoms with van der Waals surface area (Å²) in [7, 11) is 0. The molecule has 0 aliphatic carbocycles. The van der Waals surface area contributed by atoms with Crippen molar-refractivity contribution in [2.24, 2.45) is 11.8 Å². The number of hydrogen-bond donors (Lipinski definition) is 7. The molecule has 11 heteroatoms. The topological polar surface area (TPSA) is 194 Å². The molecule has 2 aromatic carbocycles. The Morgan fingerprint density at radius 2 is 1.41 bits per heavy atom. The number of rotatable bonds is 9. The lowest BCUT2D eigenvalue weighted by Gasteiger charge is -2.29. The number of carbonyl (C=O) groups excluding carboxylic acids is 2. The number of carbonyl (C=O) groups is 2. The number of hydrogen-bond acceptors (Lipinski definition) is 11. The number of benzene rings is 2. The van der Waals surface area contributed by atoms with Crippen LogP contribution in [0.15, 0.2) is 12.1 Å². The Balaban J connectivity index is 1.88. The lowest BCUT2D eigenvalue weighted by Crippen LogP contribution is -2.40. The maximum absolute atomic E-state index is 13.1. The first-order valence-electron chi connectivity index (χ1n) is 12.8. The van der Waals surface area contributed by atoms with Crippen LogP contribution in [0, 0.1) is 11.8 Å². The van der Waals surface area contributed by atoms with Crippen LogP contribution in [0.4, 0.5) is 0 Å². The Morgan fingerprint density at radius 1 is 0.872 bits per heavy atom. The third kappa shape index (κ3) is 4.75. The highest BCUT2D eigenvalue weighted by atomic mass is 16.7. The van der Waals surface area contributed by atoms with Crippen molar-refractivity contribution in [2.75, 3.05) is 6.61 Å². The van der Waals surface area contributed by atoms with Crippen molar-refractivity contribution in [1.29, 1.82) is 0 Å². The fourth-order valence-electron chi connectivity index (χ4n) is 5.50. The molecule has 7 N–H and O–H groups in total. The number of fused-ring (bicyclic) bond motifs is 3. The molecule has 4 atom stereocenters. The summed E-state index contributed by atoms with van der Waals surface area (Å²) in [6, 6.07) is 1.86. The van der Waals surface area contributed by atoms with Gasteiger partial charge in [0.2, 0.25) is 5.79 Å². The second-order valence-electron chi connectivity index (χ2n) is 11.1. The van der Waals surface area contributed by atoms with Crippen LogP contribution in [0.5, 0.6) is 34.5 Å². The molecule has 1 saturated heterocycles. The smallest absolute Gasteiger partial charge is 0.225 e. The van der Waals surface area contributed by atoms with Crippen LogP contribution < -0.4 is 4.74 Å². The van der Waals surface area contributed by atoms with E-state index in [0.717, 1.165) is 12.1 Å². The first-order chi connectivity index (χ1) is 18.2. The van der Waals surface area contributed by atoms with Gasteiger partial charge in [0, 0.05) is 42.5 Å². The number of aliphatic hydroxyl groups is 2. The highest BCUT2D eigenvalue weighted by Crippen LogP contribution is 2.60. The molecule has 11 nitrogen and oxygen atoms in total. The molecule has 39 heavy (non-hydrogen) atoms. The molecule has 4 unspecified atom stereocenters. The number of Topliss-reactive ketones (excluding diaryl/α,β-unsaturated/α-hetero) is 2. The van der Waals surface area contributed by atoms with Gasteiger partial charge in [0.05, 0.1) is 18.6 Å². The van der Waals surface area contributed by atoms with E-state index in [1.54, 1.807) is 27.7 Å². The van der Waals surface area contributed by atoms with Gasteiger partial charge in [-0.05, 0) is 11.8 Å². The van der Waals surface area contributed by atoms with Crippen molar-refractivity contribution in [1.82, 2.24) is 0 Å². The zero-order valence-electron chi connectivity index (χ0n) is 22.1. The highest BCUT2D eigenvalue weighted by Gasteiger charge is 2.63. The molecular formula is C28H34O11. The van der Waals surface area contributed by atoms with Crippen LogP contribution in [-0.4, -0.2) is 71.9 Å². The summed E-state index contributed by atoms with van der Waals surface area (Å²) in [5.74, 6) is -7.69. The molecule has 0 radical (unpaired) electrons. The molecule has 212 valence electrons. The van der Waals surface area contributed by atoms with Gasteiger partial charge in [-0.1, -0.05) is 27.7 Å². The van der Waals surface area contributed by atoms with E-state index < -0.39 is 82.8 Å². The SMILES string of the molecule is CC(C)CC(=O)c1c(O)cc(O)c(CC23Oc4c(C(=O)CC(C)C)c(O)cc(O)c4C2C(O)C(CO)O3)c1O. The van der Waals surface area contributed by atoms with E-state index in [0.29, 0.717) is 0 Å². The maximum Gasteiger partial charge on any atom is 0.225 e. The van der Waals surface area contributed by atoms with E-state index in [1.807, 2.05) is 0 Å². The van der Waals surface area contributed by atoms with E-state index in [-0.39, 0.29) is 47.1 Å². The highest BCUT2D eigenvalue weighted by molar-refractivity contribution is 6.03. The number of phenols is 5. The van der Waals surface area contributed by atoms with E-state index in [4.69, 9.17) is 9.47 Å². The fourth-order valence-corrected chi connectivity index (χ4v) is 5.50. The molecule has 0 spiro atoms. The van der Waals surface area contributed by atoms with Gasteiger partial charge < -0.3 is 45.2 Å². The van der Waals surface area contributed by atoms with Crippen LogP contribution in [0.1, 0.15) is 78.3 Å². The van der Waals surface area contributed by atoms with Crippen LogP contribution >= 0.6 is 0 Å². The molecule has 2 aromatic rings. The average Bonchev–Trinajstić information content (AvgIpc) is 3.26. The number of phenolic OH excluding ortho intramolecular Hbond substituents is 5. The lowest BCUT2D eigenvalue weighted by molar-refractivity contribution is -0.176. The van der Waals surface area contributed by atoms with Gasteiger partial charge in [0.15, 0.2) is 11.6 Å². The Morgan fingerprint density at radius 3 is 1.97 bits per heavy atom. The van der Waals surface area contributed by atoms with Gasteiger partial charge in [-0.2, -0.15) is 0 Å². The Kier molecular flexibility index (Phi) is 7.46. The second-order valence-corrected chi connectivity index (χ2v) is 11.1. The van der Waals surface area contributed by atoms with Gasteiger partial charge >= 0.3 is 0 Å². The molecule has 0 saturated carbocycles. The summed E-state index contributed by atoms with van der Waals surface area (Å²) in [5, 5.41) is 74.4. The molecule has 0 bridgehead atoms. The third-order valence-electron chi connectivity index (χ3n) is 7.12.